The summed E-state index contributed by atoms with van der Waals surface area (Å²) >= 11 is 6.07. The number of aromatic nitrogens is 2. The van der Waals surface area contributed by atoms with Crippen LogP contribution in [0.3, 0.4) is 0 Å². The van der Waals surface area contributed by atoms with Crippen LogP contribution in [0.4, 0.5) is 0 Å². The van der Waals surface area contributed by atoms with Crippen LogP contribution in [0.15, 0.2) is 0 Å². The molecule has 16 heavy (non-hydrogen) atoms. The van der Waals surface area contributed by atoms with Gasteiger partial charge in [0.05, 0.1) is 6.61 Å². The summed E-state index contributed by atoms with van der Waals surface area (Å²) in [5.74, 6) is 1.32. The van der Waals surface area contributed by atoms with Crippen molar-refractivity contribution in [2.75, 3.05) is 6.61 Å². The van der Waals surface area contributed by atoms with Crippen molar-refractivity contribution in [3.05, 3.63) is 16.5 Å². The highest BCUT2D eigenvalue weighted by Gasteiger charge is 2.21. The summed E-state index contributed by atoms with van der Waals surface area (Å²) in [5.41, 5.74) is 0.685. The van der Waals surface area contributed by atoms with Crippen molar-refractivity contribution in [3.8, 4) is 5.88 Å². The lowest BCUT2D eigenvalue weighted by molar-refractivity contribution is 0.299. The number of hydrogen-bond acceptors (Lipinski definition) is 3. The van der Waals surface area contributed by atoms with E-state index in [4.69, 9.17) is 16.3 Å². The second-order valence-electron chi connectivity index (χ2n) is 4.87. The van der Waals surface area contributed by atoms with Gasteiger partial charge in [-0.05, 0) is 13.3 Å². The third-order valence-electron chi connectivity index (χ3n) is 2.16. The van der Waals surface area contributed by atoms with Gasteiger partial charge in [-0.25, -0.2) is 4.98 Å². The summed E-state index contributed by atoms with van der Waals surface area (Å²) in [6, 6.07) is 0. The van der Waals surface area contributed by atoms with Crippen LogP contribution >= 0.6 is 11.6 Å². The van der Waals surface area contributed by atoms with Gasteiger partial charge in [0.1, 0.15) is 11.0 Å². The minimum Gasteiger partial charge on any atom is -0.477 e. The van der Waals surface area contributed by atoms with Crippen molar-refractivity contribution in [2.45, 2.75) is 46.5 Å². The molecule has 1 rings (SSSR count). The van der Waals surface area contributed by atoms with E-state index in [1.54, 1.807) is 0 Å². The van der Waals surface area contributed by atoms with Gasteiger partial charge < -0.3 is 4.74 Å². The molecule has 0 atom stereocenters. The molecule has 0 aliphatic carbocycles. The molecule has 0 spiro atoms. The lowest BCUT2D eigenvalue weighted by atomic mass is 9.96. The average Bonchev–Trinajstić information content (AvgIpc) is 2.18. The zero-order chi connectivity index (χ0) is 12.3. The third kappa shape index (κ3) is 3.08. The fourth-order valence-corrected chi connectivity index (χ4v) is 1.31. The fourth-order valence-electron chi connectivity index (χ4n) is 1.14. The minimum atomic E-state index is -0.123. The maximum absolute atomic E-state index is 6.07. The first-order valence-corrected chi connectivity index (χ1v) is 5.91. The Bertz CT molecular complexity index is 372. The highest BCUT2D eigenvalue weighted by molar-refractivity contribution is 6.30. The van der Waals surface area contributed by atoms with Gasteiger partial charge in [0, 0.05) is 11.0 Å². The second-order valence-corrected chi connectivity index (χ2v) is 5.22. The first-order chi connectivity index (χ1) is 7.36. The fraction of sp³-hybridized carbons (Fsp3) is 0.667. The summed E-state index contributed by atoms with van der Waals surface area (Å²) in [6.45, 7) is 10.7. The first kappa shape index (κ1) is 13.2. The maximum atomic E-state index is 6.07. The van der Waals surface area contributed by atoms with Crippen molar-refractivity contribution < 1.29 is 4.74 Å². The summed E-state index contributed by atoms with van der Waals surface area (Å²) in [6.07, 6.45) is 0.950. The molecule has 0 aromatic carbocycles. The summed E-state index contributed by atoms with van der Waals surface area (Å²) in [7, 11) is 0. The van der Waals surface area contributed by atoms with Gasteiger partial charge in [-0.3, -0.25) is 0 Å². The molecule has 0 fully saturated rings. The van der Waals surface area contributed by atoms with Crippen LogP contribution in [0.5, 0.6) is 5.88 Å². The highest BCUT2D eigenvalue weighted by Crippen LogP contribution is 2.27. The van der Waals surface area contributed by atoms with Crippen LogP contribution in [0.25, 0.3) is 0 Å². The predicted octanol–water partition coefficient (Wildman–Crippen LogP) is 3.52. The molecule has 90 valence electrons. The SMILES string of the molecule is CCCOc1nc(C(C)(C)C)nc(Cl)c1C. The Morgan fingerprint density at radius 3 is 2.38 bits per heavy atom. The van der Waals surface area contributed by atoms with Gasteiger partial charge in [-0.2, -0.15) is 4.98 Å². The van der Waals surface area contributed by atoms with Crippen LogP contribution in [0.2, 0.25) is 5.15 Å². The molecule has 0 saturated carbocycles. The van der Waals surface area contributed by atoms with Gasteiger partial charge in [0.15, 0.2) is 0 Å². The van der Waals surface area contributed by atoms with Gasteiger partial charge in [0.2, 0.25) is 5.88 Å². The standard InChI is InChI=1S/C12H19ClN2O/c1-6-7-16-10-8(2)9(13)14-11(15-10)12(3,4)5/h6-7H2,1-5H3. The monoisotopic (exact) mass is 242 g/mol. The van der Waals surface area contributed by atoms with Crippen molar-refractivity contribution in [1.82, 2.24) is 9.97 Å². The van der Waals surface area contributed by atoms with Crippen molar-refractivity contribution in [2.24, 2.45) is 0 Å². The van der Waals surface area contributed by atoms with Gasteiger partial charge >= 0.3 is 0 Å². The molecule has 0 radical (unpaired) electrons. The van der Waals surface area contributed by atoms with Gasteiger partial charge in [-0.1, -0.05) is 39.3 Å². The van der Waals surface area contributed by atoms with E-state index in [0.717, 1.165) is 12.0 Å². The van der Waals surface area contributed by atoms with E-state index in [2.05, 4.69) is 37.7 Å². The molecular formula is C12H19ClN2O. The van der Waals surface area contributed by atoms with E-state index in [-0.39, 0.29) is 5.41 Å². The molecule has 1 heterocycles. The molecule has 0 saturated heterocycles. The lowest BCUT2D eigenvalue weighted by Crippen LogP contribution is -2.17. The zero-order valence-electron chi connectivity index (χ0n) is 10.6. The minimum absolute atomic E-state index is 0.123. The first-order valence-electron chi connectivity index (χ1n) is 5.53. The Kier molecular flexibility index (Phi) is 4.14. The van der Waals surface area contributed by atoms with Crippen LogP contribution in [0.1, 0.15) is 45.5 Å². The molecule has 0 amide bonds. The number of ether oxygens (including phenoxy) is 1. The van der Waals surface area contributed by atoms with Gasteiger partial charge in [-0.15, -0.1) is 0 Å². The van der Waals surface area contributed by atoms with Crippen LogP contribution < -0.4 is 4.74 Å². The number of halogens is 1. The maximum Gasteiger partial charge on any atom is 0.221 e. The summed E-state index contributed by atoms with van der Waals surface area (Å²) < 4.78 is 5.57. The molecule has 0 bridgehead atoms. The molecule has 0 aliphatic heterocycles. The molecule has 0 N–H and O–H groups in total. The van der Waals surface area contributed by atoms with Gasteiger partial charge in [0.25, 0.3) is 0 Å². The van der Waals surface area contributed by atoms with E-state index < -0.39 is 0 Å². The van der Waals surface area contributed by atoms with E-state index in [0.29, 0.717) is 23.5 Å². The van der Waals surface area contributed by atoms with Crippen molar-refractivity contribution >= 4 is 11.6 Å². The number of nitrogens with zero attached hydrogens (tertiary/aromatic N) is 2. The van der Waals surface area contributed by atoms with E-state index in [9.17, 15) is 0 Å². The van der Waals surface area contributed by atoms with E-state index in [1.165, 1.54) is 0 Å². The predicted molar refractivity (Wildman–Crippen MR) is 66.3 cm³/mol. The van der Waals surface area contributed by atoms with Crippen molar-refractivity contribution in [1.29, 1.82) is 0 Å². The Morgan fingerprint density at radius 2 is 1.88 bits per heavy atom. The normalized spacial score (nSPS) is 11.6. The summed E-state index contributed by atoms with van der Waals surface area (Å²) in [5, 5.41) is 0.478. The largest absolute Gasteiger partial charge is 0.477 e. The number of hydrogen-bond donors (Lipinski definition) is 0. The van der Waals surface area contributed by atoms with Crippen LogP contribution in [-0.2, 0) is 5.41 Å². The third-order valence-corrected chi connectivity index (χ3v) is 2.52. The Labute approximate surface area is 102 Å². The van der Waals surface area contributed by atoms with E-state index in [1.807, 2.05) is 6.92 Å². The Balaban J connectivity index is 3.12. The molecule has 3 nitrogen and oxygen atoms in total. The quantitative estimate of drug-likeness (QED) is 0.761. The molecule has 0 aliphatic rings. The lowest BCUT2D eigenvalue weighted by Gasteiger charge is -2.18. The highest BCUT2D eigenvalue weighted by atomic mass is 35.5. The average molecular weight is 243 g/mol. The van der Waals surface area contributed by atoms with Crippen LogP contribution in [-0.4, -0.2) is 16.6 Å². The molecule has 1 aromatic heterocycles. The van der Waals surface area contributed by atoms with E-state index >= 15 is 0 Å². The molecular weight excluding hydrogens is 224 g/mol. The van der Waals surface area contributed by atoms with Crippen LogP contribution in [0, 0.1) is 6.92 Å². The summed E-state index contributed by atoms with van der Waals surface area (Å²) in [4.78, 5) is 8.71. The Hall–Kier alpha value is -0.830. The smallest absolute Gasteiger partial charge is 0.221 e. The Morgan fingerprint density at radius 1 is 1.25 bits per heavy atom. The molecule has 4 heteroatoms. The van der Waals surface area contributed by atoms with Crippen molar-refractivity contribution in [3.63, 3.8) is 0 Å². The second kappa shape index (κ2) is 5.00. The molecule has 0 unspecified atom stereocenters. The molecule has 1 aromatic rings. The zero-order valence-corrected chi connectivity index (χ0v) is 11.4. The number of rotatable bonds is 3. The topological polar surface area (TPSA) is 35.0 Å².